The number of para-hydroxylation sites is 1. The summed E-state index contributed by atoms with van der Waals surface area (Å²) in [5, 5.41) is 3.18. The number of rotatable bonds is 6. The second kappa shape index (κ2) is 8.83. The number of hydrogen-bond donors (Lipinski definition) is 3. The third kappa shape index (κ3) is 4.30. The molecule has 2 amide bonds. The lowest BCUT2D eigenvalue weighted by molar-refractivity contribution is -0.135. The average molecular weight is 387 g/mol. The standard InChI is InChI=1S/C19H25N5O4/c20-8-9-21-17(26)13-4-3-10-23(12-13)16(25)7-11-24-15-6-2-1-5-14(15)18(27)22-19(24)28/h1-2,5-6,13H,3-4,7-12,20H2,(H,21,26)(H,22,27,28). The predicted octanol–water partition coefficient (Wildman–Crippen LogP) is -0.607. The summed E-state index contributed by atoms with van der Waals surface area (Å²) in [6, 6.07) is 6.80. The molecule has 0 radical (unpaired) electrons. The molecule has 1 aliphatic heterocycles. The number of aryl methyl sites for hydroxylation is 1. The Morgan fingerprint density at radius 3 is 2.82 bits per heavy atom. The zero-order valence-electron chi connectivity index (χ0n) is 15.6. The van der Waals surface area contributed by atoms with E-state index in [0.717, 1.165) is 12.8 Å². The zero-order valence-corrected chi connectivity index (χ0v) is 15.6. The summed E-state index contributed by atoms with van der Waals surface area (Å²) in [7, 11) is 0. The number of nitrogens with zero attached hydrogens (tertiary/aromatic N) is 2. The largest absolute Gasteiger partial charge is 0.355 e. The number of H-pyrrole nitrogens is 1. The van der Waals surface area contributed by atoms with Gasteiger partial charge in [0.2, 0.25) is 11.8 Å². The van der Waals surface area contributed by atoms with Crippen LogP contribution < -0.4 is 22.3 Å². The van der Waals surface area contributed by atoms with Gasteiger partial charge in [-0.1, -0.05) is 12.1 Å². The number of carbonyl (C=O) groups excluding carboxylic acids is 2. The maximum Gasteiger partial charge on any atom is 0.328 e. The van der Waals surface area contributed by atoms with Gasteiger partial charge in [0.15, 0.2) is 0 Å². The minimum atomic E-state index is -0.533. The van der Waals surface area contributed by atoms with Crippen LogP contribution in [-0.4, -0.2) is 52.4 Å². The lowest BCUT2D eigenvalue weighted by Gasteiger charge is -2.32. The summed E-state index contributed by atoms with van der Waals surface area (Å²) in [6.07, 6.45) is 1.62. The summed E-state index contributed by atoms with van der Waals surface area (Å²) in [5.74, 6) is -0.426. The normalized spacial score (nSPS) is 16.9. The lowest BCUT2D eigenvalue weighted by atomic mass is 9.97. The highest BCUT2D eigenvalue weighted by Gasteiger charge is 2.28. The first kappa shape index (κ1) is 19.8. The molecule has 28 heavy (non-hydrogen) atoms. The SMILES string of the molecule is NCCNC(=O)C1CCCN(C(=O)CCn2c(=O)[nH]c(=O)c3ccccc32)C1. The molecule has 9 heteroatoms. The van der Waals surface area contributed by atoms with Crippen LogP contribution in [0, 0.1) is 5.92 Å². The van der Waals surface area contributed by atoms with Gasteiger partial charge in [-0.25, -0.2) is 4.79 Å². The Morgan fingerprint density at radius 2 is 2.04 bits per heavy atom. The molecule has 0 bridgehead atoms. The maximum absolute atomic E-state index is 12.7. The number of aromatic nitrogens is 2. The van der Waals surface area contributed by atoms with E-state index in [1.807, 2.05) is 0 Å². The van der Waals surface area contributed by atoms with Crippen LogP contribution >= 0.6 is 0 Å². The van der Waals surface area contributed by atoms with Gasteiger partial charge in [0.1, 0.15) is 0 Å². The van der Waals surface area contributed by atoms with Gasteiger partial charge in [-0.15, -0.1) is 0 Å². The summed E-state index contributed by atoms with van der Waals surface area (Å²) >= 11 is 0. The second-order valence-electron chi connectivity index (χ2n) is 6.94. The average Bonchev–Trinajstić information content (AvgIpc) is 2.71. The van der Waals surface area contributed by atoms with Crippen LogP contribution in [0.1, 0.15) is 19.3 Å². The van der Waals surface area contributed by atoms with E-state index >= 15 is 0 Å². The molecule has 2 aromatic rings. The zero-order chi connectivity index (χ0) is 20.1. The highest BCUT2D eigenvalue weighted by Crippen LogP contribution is 2.18. The van der Waals surface area contributed by atoms with Gasteiger partial charge in [0.25, 0.3) is 5.56 Å². The van der Waals surface area contributed by atoms with E-state index in [1.54, 1.807) is 29.2 Å². The molecule has 4 N–H and O–H groups in total. The molecule has 1 saturated heterocycles. The summed E-state index contributed by atoms with van der Waals surface area (Å²) < 4.78 is 1.41. The van der Waals surface area contributed by atoms with Crippen molar-refractivity contribution in [3.05, 3.63) is 45.1 Å². The van der Waals surface area contributed by atoms with Crippen LogP contribution in [0.3, 0.4) is 0 Å². The molecule has 150 valence electrons. The fourth-order valence-corrected chi connectivity index (χ4v) is 3.59. The predicted molar refractivity (Wildman–Crippen MR) is 105 cm³/mol. The fraction of sp³-hybridized carbons (Fsp3) is 0.474. The van der Waals surface area contributed by atoms with E-state index in [0.29, 0.717) is 37.1 Å². The summed E-state index contributed by atoms with van der Waals surface area (Å²) in [6.45, 7) is 1.93. The van der Waals surface area contributed by atoms with Gasteiger partial charge in [-0.05, 0) is 25.0 Å². The smallest absolute Gasteiger partial charge is 0.328 e. The Balaban J connectivity index is 1.68. The number of piperidine rings is 1. The summed E-state index contributed by atoms with van der Waals surface area (Å²) in [5.41, 5.74) is 4.94. The molecule has 1 aromatic carbocycles. The molecule has 1 unspecified atom stereocenters. The van der Waals surface area contributed by atoms with Crippen LogP contribution in [-0.2, 0) is 16.1 Å². The Morgan fingerprint density at radius 1 is 1.25 bits per heavy atom. The maximum atomic E-state index is 12.7. The van der Waals surface area contributed by atoms with Gasteiger partial charge in [0, 0.05) is 39.1 Å². The van der Waals surface area contributed by atoms with Gasteiger partial charge in [-0.2, -0.15) is 0 Å². The number of likely N-dealkylation sites (tertiary alicyclic amines) is 1. The number of nitrogens with two attached hydrogens (primary N) is 1. The number of benzene rings is 1. The van der Waals surface area contributed by atoms with Crippen molar-refractivity contribution in [3.63, 3.8) is 0 Å². The summed E-state index contributed by atoms with van der Waals surface area (Å²) in [4.78, 5) is 52.9. The Bertz CT molecular complexity index is 980. The molecule has 1 fully saturated rings. The molecule has 2 heterocycles. The number of carbonyl (C=O) groups is 2. The first-order valence-electron chi connectivity index (χ1n) is 9.48. The molecule has 1 aliphatic rings. The van der Waals surface area contributed by atoms with Crippen molar-refractivity contribution in [2.75, 3.05) is 26.2 Å². The third-order valence-electron chi connectivity index (χ3n) is 5.04. The Kier molecular flexibility index (Phi) is 6.25. The number of fused-ring (bicyclic) bond motifs is 1. The van der Waals surface area contributed by atoms with E-state index in [9.17, 15) is 19.2 Å². The molecule has 3 rings (SSSR count). The van der Waals surface area contributed by atoms with Crippen molar-refractivity contribution in [1.82, 2.24) is 19.8 Å². The van der Waals surface area contributed by atoms with E-state index in [2.05, 4.69) is 10.3 Å². The first-order valence-corrected chi connectivity index (χ1v) is 9.48. The van der Waals surface area contributed by atoms with E-state index in [-0.39, 0.29) is 30.7 Å². The molecular weight excluding hydrogens is 362 g/mol. The monoisotopic (exact) mass is 387 g/mol. The number of hydrogen-bond acceptors (Lipinski definition) is 5. The molecule has 0 saturated carbocycles. The molecule has 1 aromatic heterocycles. The van der Waals surface area contributed by atoms with Gasteiger partial charge in [-0.3, -0.25) is 23.9 Å². The lowest BCUT2D eigenvalue weighted by Crippen LogP contribution is -2.46. The molecule has 1 atom stereocenters. The number of nitrogens with one attached hydrogen (secondary N) is 2. The fourth-order valence-electron chi connectivity index (χ4n) is 3.59. The van der Waals surface area contributed by atoms with Crippen LogP contribution in [0.5, 0.6) is 0 Å². The molecule has 9 nitrogen and oxygen atoms in total. The highest BCUT2D eigenvalue weighted by molar-refractivity contribution is 5.81. The van der Waals surface area contributed by atoms with Crippen LogP contribution in [0.25, 0.3) is 10.9 Å². The van der Waals surface area contributed by atoms with Crippen LogP contribution in [0.2, 0.25) is 0 Å². The van der Waals surface area contributed by atoms with Gasteiger partial charge >= 0.3 is 5.69 Å². The first-order chi connectivity index (χ1) is 13.5. The minimum Gasteiger partial charge on any atom is -0.355 e. The molecular formula is C19H25N5O4. The highest BCUT2D eigenvalue weighted by atomic mass is 16.2. The molecule has 0 aliphatic carbocycles. The van der Waals surface area contributed by atoms with E-state index in [1.165, 1.54) is 4.57 Å². The van der Waals surface area contributed by atoms with Crippen molar-refractivity contribution < 1.29 is 9.59 Å². The van der Waals surface area contributed by atoms with Gasteiger partial charge in [0.05, 0.1) is 16.8 Å². The topological polar surface area (TPSA) is 130 Å². The van der Waals surface area contributed by atoms with Crippen molar-refractivity contribution >= 4 is 22.7 Å². The van der Waals surface area contributed by atoms with Crippen molar-refractivity contribution in [1.29, 1.82) is 0 Å². The number of aromatic amines is 1. The van der Waals surface area contributed by atoms with Crippen molar-refractivity contribution in [2.24, 2.45) is 11.7 Å². The second-order valence-corrected chi connectivity index (χ2v) is 6.94. The van der Waals surface area contributed by atoms with Crippen molar-refractivity contribution in [3.8, 4) is 0 Å². The Labute approximate surface area is 161 Å². The van der Waals surface area contributed by atoms with Crippen LogP contribution in [0.15, 0.2) is 33.9 Å². The minimum absolute atomic E-state index is 0.0780. The number of amides is 2. The van der Waals surface area contributed by atoms with E-state index < -0.39 is 11.2 Å². The quantitative estimate of drug-likeness (QED) is 0.609. The molecule has 0 spiro atoms. The van der Waals surface area contributed by atoms with E-state index in [4.69, 9.17) is 5.73 Å². The van der Waals surface area contributed by atoms with Crippen molar-refractivity contribution in [2.45, 2.75) is 25.8 Å². The van der Waals surface area contributed by atoms with Gasteiger partial charge < -0.3 is 16.0 Å². The third-order valence-corrected chi connectivity index (χ3v) is 5.04. The Hall–Kier alpha value is -2.94. The van der Waals surface area contributed by atoms with Crippen LogP contribution in [0.4, 0.5) is 0 Å².